The average Bonchev–Trinajstić information content (AvgIpc) is 3.08. The van der Waals surface area contributed by atoms with Crippen LogP contribution in [0.2, 0.25) is 0 Å². The van der Waals surface area contributed by atoms with E-state index in [1.54, 1.807) is 11.8 Å². The van der Waals surface area contributed by atoms with Crippen molar-refractivity contribution in [3.63, 3.8) is 0 Å². The van der Waals surface area contributed by atoms with Crippen molar-refractivity contribution in [1.29, 1.82) is 0 Å². The van der Waals surface area contributed by atoms with Gasteiger partial charge in [-0.15, -0.1) is 11.8 Å². The van der Waals surface area contributed by atoms with Crippen molar-refractivity contribution in [2.45, 2.75) is 17.2 Å². The first kappa shape index (κ1) is 12.3. The molecule has 17 heavy (non-hydrogen) atoms. The molecule has 0 spiro atoms. The summed E-state index contributed by atoms with van der Waals surface area (Å²) in [6.45, 7) is 0.324. The highest BCUT2D eigenvalue weighted by atomic mass is 32.2. The number of nitrogens with zero attached hydrogens (tertiary/aromatic N) is 1. The van der Waals surface area contributed by atoms with Gasteiger partial charge < -0.3 is 5.73 Å². The van der Waals surface area contributed by atoms with Crippen LogP contribution in [0.5, 0.6) is 0 Å². The number of benzene rings is 1. The molecule has 2 rings (SSSR count). The molecule has 1 fully saturated rings. The van der Waals surface area contributed by atoms with E-state index in [1.807, 2.05) is 6.26 Å². The van der Waals surface area contributed by atoms with Crippen LogP contribution in [0.4, 0.5) is 4.79 Å². The maximum absolute atomic E-state index is 10.7. The second kappa shape index (κ2) is 4.98. The van der Waals surface area contributed by atoms with Crippen LogP contribution in [0, 0.1) is 5.92 Å². The monoisotopic (exact) mass is 252 g/mol. The van der Waals surface area contributed by atoms with Crippen molar-refractivity contribution < 1.29 is 10.0 Å². The van der Waals surface area contributed by atoms with E-state index in [9.17, 15) is 10.0 Å². The standard InChI is InChI=1S/C12H16N2O2S/c1-17-10-4-2-8(3-5-10)11-6-9(11)7-14(16)12(13)15/h2-5,9,11,16H,6-7H2,1H3,(H2,13,15). The predicted molar refractivity (Wildman–Crippen MR) is 67.1 cm³/mol. The second-order valence-corrected chi connectivity index (χ2v) is 5.18. The molecule has 1 aliphatic rings. The highest BCUT2D eigenvalue weighted by Crippen LogP contribution is 2.47. The first-order valence-corrected chi connectivity index (χ1v) is 6.74. The zero-order chi connectivity index (χ0) is 12.4. The molecule has 0 aliphatic heterocycles. The van der Waals surface area contributed by atoms with Crippen LogP contribution in [0.3, 0.4) is 0 Å². The van der Waals surface area contributed by atoms with Crippen molar-refractivity contribution in [2.75, 3.05) is 12.8 Å². The van der Waals surface area contributed by atoms with E-state index in [2.05, 4.69) is 24.3 Å². The minimum atomic E-state index is -0.784. The number of rotatable bonds is 4. The first-order chi connectivity index (χ1) is 8.11. The van der Waals surface area contributed by atoms with Crippen LogP contribution >= 0.6 is 11.8 Å². The Morgan fingerprint density at radius 3 is 2.71 bits per heavy atom. The number of urea groups is 1. The van der Waals surface area contributed by atoms with E-state index in [-0.39, 0.29) is 0 Å². The van der Waals surface area contributed by atoms with Crippen molar-refractivity contribution in [3.8, 4) is 0 Å². The molecule has 0 bridgehead atoms. The van der Waals surface area contributed by atoms with Gasteiger partial charge in [-0.2, -0.15) is 0 Å². The fraction of sp³-hybridized carbons (Fsp3) is 0.417. The lowest BCUT2D eigenvalue weighted by Gasteiger charge is -2.11. The topological polar surface area (TPSA) is 66.6 Å². The number of carbonyl (C=O) groups excluding carboxylic acids is 1. The summed E-state index contributed by atoms with van der Waals surface area (Å²) < 4.78 is 0. The van der Waals surface area contributed by atoms with Crippen molar-refractivity contribution in [2.24, 2.45) is 11.7 Å². The van der Waals surface area contributed by atoms with Crippen molar-refractivity contribution in [1.82, 2.24) is 5.06 Å². The van der Waals surface area contributed by atoms with Gasteiger partial charge in [-0.1, -0.05) is 12.1 Å². The first-order valence-electron chi connectivity index (χ1n) is 5.51. The fourth-order valence-corrected chi connectivity index (χ4v) is 2.43. The highest BCUT2D eigenvalue weighted by molar-refractivity contribution is 7.98. The van der Waals surface area contributed by atoms with Gasteiger partial charge in [-0.05, 0) is 42.2 Å². The molecule has 3 N–H and O–H groups in total. The largest absolute Gasteiger partial charge is 0.350 e. The Hall–Kier alpha value is -1.20. The highest BCUT2D eigenvalue weighted by Gasteiger charge is 2.39. The third-order valence-electron chi connectivity index (χ3n) is 3.13. The van der Waals surface area contributed by atoms with Crippen LogP contribution in [-0.2, 0) is 0 Å². The Kier molecular flexibility index (Phi) is 3.59. The van der Waals surface area contributed by atoms with Crippen LogP contribution in [0.1, 0.15) is 17.9 Å². The maximum atomic E-state index is 10.7. The average molecular weight is 252 g/mol. The minimum Gasteiger partial charge on any atom is -0.350 e. The summed E-state index contributed by atoms with van der Waals surface area (Å²) in [6, 6.07) is 7.64. The van der Waals surface area contributed by atoms with E-state index in [0.717, 1.165) is 6.42 Å². The van der Waals surface area contributed by atoms with E-state index in [0.29, 0.717) is 23.4 Å². The number of nitrogens with two attached hydrogens (primary N) is 1. The number of carbonyl (C=O) groups is 1. The van der Waals surface area contributed by atoms with Gasteiger partial charge in [0.05, 0.1) is 6.54 Å². The molecule has 2 atom stereocenters. The molecule has 0 saturated heterocycles. The zero-order valence-electron chi connectivity index (χ0n) is 9.67. The predicted octanol–water partition coefficient (Wildman–Crippen LogP) is 2.28. The Bertz CT molecular complexity index is 407. The molecule has 1 aromatic rings. The van der Waals surface area contributed by atoms with E-state index in [4.69, 9.17) is 5.73 Å². The van der Waals surface area contributed by atoms with Gasteiger partial charge >= 0.3 is 6.03 Å². The van der Waals surface area contributed by atoms with Crippen LogP contribution in [0.15, 0.2) is 29.2 Å². The number of amides is 2. The Morgan fingerprint density at radius 2 is 2.18 bits per heavy atom. The third kappa shape index (κ3) is 2.92. The molecule has 1 saturated carbocycles. The van der Waals surface area contributed by atoms with E-state index in [1.165, 1.54) is 10.5 Å². The van der Waals surface area contributed by atoms with Crippen LogP contribution in [0.25, 0.3) is 0 Å². The van der Waals surface area contributed by atoms with Gasteiger partial charge in [0, 0.05) is 4.90 Å². The van der Waals surface area contributed by atoms with Gasteiger partial charge in [-0.25, -0.2) is 9.86 Å². The minimum absolute atomic E-state index is 0.324. The Labute approximate surface area is 105 Å². The van der Waals surface area contributed by atoms with Gasteiger partial charge in [0.2, 0.25) is 0 Å². The number of thioether (sulfide) groups is 1. The second-order valence-electron chi connectivity index (χ2n) is 4.30. The number of hydrogen-bond donors (Lipinski definition) is 2. The van der Waals surface area contributed by atoms with Gasteiger partial charge in [0.25, 0.3) is 0 Å². The SMILES string of the molecule is CSc1ccc(C2CC2CN(O)C(N)=O)cc1. The summed E-state index contributed by atoms with van der Waals surface area (Å²) in [7, 11) is 0. The fourth-order valence-electron chi connectivity index (χ4n) is 2.02. The molecule has 2 unspecified atom stereocenters. The lowest BCUT2D eigenvalue weighted by molar-refractivity contribution is -0.0431. The maximum Gasteiger partial charge on any atom is 0.338 e. The lowest BCUT2D eigenvalue weighted by Crippen LogP contribution is -2.34. The Balaban J connectivity index is 1.91. The van der Waals surface area contributed by atoms with Gasteiger partial charge in [-0.3, -0.25) is 5.21 Å². The molecule has 0 aromatic heterocycles. The summed E-state index contributed by atoms with van der Waals surface area (Å²) in [5.41, 5.74) is 6.24. The summed E-state index contributed by atoms with van der Waals surface area (Å²) in [5, 5.41) is 9.84. The van der Waals surface area contributed by atoms with E-state index < -0.39 is 6.03 Å². The third-order valence-corrected chi connectivity index (χ3v) is 3.87. The molecular weight excluding hydrogens is 236 g/mol. The zero-order valence-corrected chi connectivity index (χ0v) is 10.5. The molecule has 5 heteroatoms. The summed E-state index contributed by atoms with van der Waals surface area (Å²) in [5.74, 6) is 0.771. The lowest BCUT2D eigenvalue weighted by atomic mass is 10.1. The molecule has 4 nitrogen and oxygen atoms in total. The van der Waals surface area contributed by atoms with Crippen LogP contribution in [-0.4, -0.2) is 29.1 Å². The quantitative estimate of drug-likeness (QED) is 0.491. The smallest absolute Gasteiger partial charge is 0.338 e. The van der Waals surface area contributed by atoms with Crippen LogP contribution < -0.4 is 5.73 Å². The molecule has 0 heterocycles. The Morgan fingerprint density at radius 1 is 1.53 bits per heavy atom. The molecular formula is C12H16N2O2S. The van der Waals surface area contributed by atoms with Gasteiger partial charge in [0.15, 0.2) is 0 Å². The molecule has 1 aliphatic carbocycles. The number of primary amides is 1. The molecule has 1 aromatic carbocycles. The normalized spacial score (nSPS) is 22.2. The number of hydrogen-bond acceptors (Lipinski definition) is 3. The van der Waals surface area contributed by atoms with E-state index >= 15 is 0 Å². The molecule has 0 radical (unpaired) electrons. The summed E-state index contributed by atoms with van der Waals surface area (Å²) in [6.07, 6.45) is 3.05. The summed E-state index contributed by atoms with van der Waals surface area (Å²) >= 11 is 1.72. The molecule has 2 amide bonds. The number of hydroxylamine groups is 2. The van der Waals surface area contributed by atoms with Crippen molar-refractivity contribution >= 4 is 17.8 Å². The molecule has 92 valence electrons. The van der Waals surface area contributed by atoms with Crippen molar-refractivity contribution in [3.05, 3.63) is 29.8 Å². The summed E-state index contributed by atoms with van der Waals surface area (Å²) in [4.78, 5) is 11.9. The van der Waals surface area contributed by atoms with Gasteiger partial charge in [0.1, 0.15) is 0 Å².